The molecule has 3 unspecified atom stereocenters. The standard InChI is InChI=1S/C40H44O11/c1-23-24(2)40(28-12-16-34(38(20-28)48-8)50-22-30(42)26-10-14-32(44-4)36(18-26)46-6)51-39(23)27-11-15-33(37(19-27)47-7)49-21-29(41)25-9-13-31(43-3)35(17-25)45-5/h9-20,23-24,39-40H,21-22H2,1-8H3/t23-,24?,39?,40?/m1/s1. The summed E-state index contributed by atoms with van der Waals surface area (Å²) in [6.45, 7) is 3.93. The van der Waals surface area contributed by atoms with E-state index in [1.807, 2.05) is 24.3 Å². The Balaban J connectivity index is 1.25. The quantitative estimate of drug-likeness (QED) is 0.109. The predicted molar refractivity (Wildman–Crippen MR) is 190 cm³/mol. The lowest BCUT2D eigenvalue weighted by molar-refractivity contribution is 0.0287. The van der Waals surface area contributed by atoms with Gasteiger partial charge in [-0.2, -0.15) is 0 Å². The molecule has 0 spiro atoms. The van der Waals surface area contributed by atoms with Crippen molar-refractivity contribution in [2.45, 2.75) is 26.1 Å². The van der Waals surface area contributed by atoms with E-state index < -0.39 is 0 Å². The van der Waals surface area contributed by atoms with E-state index in [9.17, 15) is 9.59 Å². The maximum atomic E-state index is 12.9. The van der Waals surface area contributed by atoms with E-state index >= 15 is 0 Å². The molecule has 0 N–H and O–H groups in total. The minimum Gasteiger partial charge on any atom is -0.493 e. The van der Waals surface area contributed by atoms with Gasteiger partial charge in [-0.05, 0) is 83.6 Å². The van der Waals surface area contributed by atoms with E-state index in [1.54, 1.807) is 62.8 Å². The minimum atomic E-state index is -0.234. The molecular weight excluding hydrogens is 656 g/mol. The van der Waals surface area contributed by atoms with Crippen LogP contribution in [-0.2, 0) is 4.74 Å². The van der Waals surface area contributed by atoms with E-state index in [0.717, 1.165) is 11.1 Å². The topological polar surface area (TPSA) is 117 Å². The van der Waals surface area contributed by atoms with E-state index in [1.165, 1.54) is 28.4 Å². The first-order valence-electron chi connectivity index (χ1n) is 16.4. The fourth-order valence-corrected chi connectivity index (χ4v) is 6.15. The van der Waals surface area contributed by atoms with Gasteiger partial charge in [0, 0.05) is 11.1 Å². The maximum Gasteiger partial charge on any atom is 0.200 e. The average molecular weight is 701 g/mol. The number of Topliss-reactive ketones (excluding diaryl/α,β-unsaturated/α-hetero) is 2. The highest BCUT2D eigenvalue weighted by Gasteiger charge is 2.41. The van der Waals surface area contributed by atoms with Crippen LogP contribution in [0.2, 0.25) is 0 Å². The molecule has 4 aromatic rings. The normalized spacial score (nSPS) is 18.0. The molecule has 1 aliphatic heterocycles. The number of rotatable bonds is 16. The molecular formula is C40H44O11. The molecule has 0 aromatic heterocycles. The molecule has 0 aliphatic carbocycles. The molecule has 5 rings (SSSR count). The Bertz CT molecular complexity index is 1720. The average Bonchev–Trinajstić information content (AvgIpc) is 3.47. The molecule has 0 saturated carbocycles. The Morgan fingerprint density at radius 1 is 0.471 bits per heavy atom. The monoisotopic (exact) mass is 700 g/mol. The third-order valence-electron chi connectivity index (χ3n) is 9.24. The lowest BCUT2D eigenvalue weighted by Crippen LogP contribution is -2.13. The zero-order valence-corrected chi connectivity index (χ0v) is 30.1. The summed E-state index contributed by atoms with van der Waals surface area (Å²) in [7, 11) is 9.23. The van der Waals surface area contributed by atoms with Crippen LogP contribution in [0, 0.1) is 11.8 Å². The summed E-state index contributed by atoms with van der Waals surface area (Å²) in [5.74, 6) is 3.72. The summed E-state index contributed by atoms with van der Waals surface area (Å²) >= 11 is 0. The van der Waals surface area contributed by atoms with Crippen molar-refractivity contribution in [1.29, 1.82) is 0 Å². The minimum absolute atomic E-state index is 0.152. The fraction of sp³-hybridized carbons (Fsp3) is 0.350. The Labute approximate surface area is 298 Å². The van der Waals surface area contributed by atoms with Crippen molar-refractivity contribution in [2.75, 3.05) is 55.9 Å². The van der Waals surface area contributed by atoms with Gasteiger partial charge in [0.15, 0.2) is 70.8 Å². The summed E-state index contributed by atoms with van der Waals surface area (Å²) in [4.78, 5) is 25.8. The zero-order chi connectivity index (χ0) is 36.7. The van der Waals surface area contributed by atoms with Gasteiger partial charge in [-0.3, -0.25) is 9.59 Å². The number of ketones is 2. The van der Waals surface area contributed by atoms with Gasteiger partial charge in [0.25, 0.3) is 0 Å². The molecule has 4 aromatic carbocycles. The summed E-state index contributed by atoms with van der Waals surface area (Å²) in [5.41, 5.74) is 2.73. The molecule has 51 heavy (non-hydrogen) atoms. The van der Waals surface area contributed by atoms with Crippen molar-refractivity contribution in [3.05, 3.63) is 95.1 Å². The van der Waals surface area contributed by atoms with E-state index in [0.29, 0.717) is 57.1 Å². The first kappa shape index (κ1) is 36.9. The van der Waals surface area contributed by atoms with Crippen LogP contribution in [0.4, 0.5) is 0 Å². The smallest absolute Gasteiger partial charge is 0.200 e. The van der Waals surface area contributed by atoms with Crippen LogP contribution in [0.15, 0.2) is 72.8 Å². The second-order valence-corrected chi connectivity index (χ2v) is 12.1. The number of hydrogen-bond donors (Lipinski definition) is 0. The van der Waals surface area contributed by atoms with E-state index in [2.05, 4.69) is 13.8 Å². The molecule has 0 amide bonds. The molecule has 4 atom stereocenters. The highest BCUT2D eigenvalue weighted by molar-refractivity contribution is 5.98. The van der Waals surface area contributed by atoms with Crippen LogP contribution in [-0.4, -0.2) is 67.4 Å². The predicted octanol–water partition coefficient (Wildman–Crippen LogP) is 7.35. The first-order chi connectivity index (χ1) is 24.6. The van der Waals surface area contributed by atoms with Crippen LogP contribution in [0.25, 0.3) is 0 Å². The number of carbonyl (C=O) groups excluding carboxylic acids is 2. The summed E-state index contributed by atoms with van der Waals surface area (Å²) in [5, 5.41) is 0. The third kappa shape index (κ3) is 7.99. The molecule has 0 bridgehead atoms. The Kier molecular flexibility index (Phi) is 11.9. The van der Waals surface area contributed by atoms with Crippen LogP contribution in [0.1, 0.15) is 57.9 Å². The molecule has 270 valence electrons. The molecule has 11 heteroatoms. The molecule has 1 aliphatic rings. The fourth-order valence-electron chi connectivity index (χ4n) is 6.15. The second-order valence-electron chi connectivity index (χ2n) is 12.1. The lowest BCUT2D eigenvalue weighted by atomic mass is 9.85. The van der Waals surface area contributed by atoms with Crippen LogP contribution < -0.4 is 37.9 Å². The largest absolute Gasteiger partial charge is 0.493 e. The zero-order valence-electron chi connectivity index (χ0n) is 30.1. The molecule has 11 nitrogen and oxygen atoms in total. The van der Waals surface area contributed by atoms with Gasteiger partial charge in [-0.1, -0.05) is 26.0 Å². The van der Waals surface area contributed by atoms with Gasteiger partial charge in [-0.15, -0.1) is 0 Å². The van der Waals surface area contributed by atoms with E-state index in [-0.39, 0.29) is 48.8 Å². The van der Waals surface area contributed by atoms with Gasteiger partial charge in [0.1, 0.15) is 0 Å². The van der Waals surface area contributed by atoms with Crippen molar-refractivity contribution in [3.8, 4) is 46.0 Å². The first-order valence-corrected chi connectivity index (χ1v) is 16.4. The van der Waals surface area contributed by atoms with Gasteiger partial charge in [-0.25, -0.2) is 0 Å². The SMILES string of the molecule is COc1ccc(C(=O)COc2ccc(C3OC(c4ccc(OCC(=O)c5ccc(OC)c(OC)c5)c(OC)c4)[C@H](C)C3C)cc2OC)cc1OC. The second kappa shape index (κ2) is 16.5. The highest BCUT2D eigenvalue weighted by atomic mass is 16.5. The van der Waals surface area contributed by atoms with Crippen molar-refractivity contribution in [3.63, 3.8) is 0 Å². The summed E-state index contributed by atoms with van der Waals surface area (Å²) in [6.07, 6.45) is -0.468. The summed E-state index contributed by atoms with van der Waals surface area (Å²) < 4.78 is 51.0. The number of methoxy groups -OCH3 is 6. The molecule has 1 heterocycles. The van der Waals surface area contributed by atoms with Crippen molar-refractivity contribution < 1.29 is 52.2 Å². The van der Waals surface area contributed by atoms with E-state index in [4.69, 9.17) is 42.6 Å². The van der Waals surface area contributed by atoms with Crippen molar-refractivity contribution >= 4 is 11.6 Å². The number of benzene rings is 4. The highest BCUT2D eigenvalue weighted by Crippen LogP contribution is 2.50. The Morgan fingerprint density at radius 2 is 0.804 bits per heavy atom. The molecule has 1 fully saturated rings. The van der Waals surface area contributed by atoms with Crippen LogP contribution >= 0.6 is 0 Å². The van der Waals surface area contributed by atoms with Crippen LogP contribution in [0.3, 0.4) is 0 Å². The summed E-state index contributed by atoms with van der Waals surface area (Å²) in [6, 6.07) is 21.2. The van der Waals surface area contributed by atoms with Gasteiger partial charge < -0.3 is 42.6 Å². The number of hydrogen-bond acceptors (Lipinski definition) is 11. The van der Waals surface area contributed by atoms with Gasteiger partial charge >= 0.3 is 0 Å². The number of ether oxygens (including phenoxy) is 9. The number of carbonyl (C=O) groups is 2. The van der Waals surface area contributed by atoms with Gasteiger partial charge in [0.2, 0.25) is 0 Å². The maximum absolute atomic E-state index is 12.9. The Hall–Kier alpha value is -5.42. The van der Waals surface area contributed by atoms with Crippen molar-refractivity contribution in [1.82, 2.24) is 0 Å². The Morgan fingerprint density at radius 3 is 1.16 bits per heavy atom. The van der Waals surface area contributed by atoms with Crippen LogP contribution in [0.5, 0.6) is 46.0 Å². The molecule has 1 saturated heterocycles. The third-order valence-corrected chi connectivity index (χ3v) is 9.24. The van der Waals surface area contributed by atoms with Gasteiger partial charge in [0.05, 0.1) is 54.9 Å². The molecule has 0 radical (unpaired) electrons. The van der Waals surface area contributed by atoms with Crippen molar-refractivity contribution in [2.24, 2.45) is 11.8 Å². The lowest BCUT2D eigenvalue weighted by Gasteiger charge is -2.19.